The van der Waals surface area contributed by atoms with Crippen LogP contribution in [0.1, 0.15) is 12.8 Å². The molecule has 0 saturated heterocycles. The standard InChI is InChI=1S/C9H12FN3O/c10-8-4-12-5-9(13-8)14-7-1-6(2-7)3-11/h4-7H,1-3,11H2. The fraction of sp³-hybridized carbons (Fsp3) is 0.556. The first kappa shape index (κ1) is 9.33. The topological polar surface area (TPSA) is 61.0 Å². The number of aromatic nitrogens is 2. The van der Waals surface area contributed by atoms with Crippen molar-refractivity contribution in [3.8, 4) is 5.88 Å². The van der Waals surface area contributed by atoms with Gasteiger partial charge in [0.15, 0.2) is 0 Å². The quantitative estimate of drug-likeness (QED) is 0.776. The van der Waals surface area contributed by atoms with Gasteiger partial charge in [-0.25, -0.2) is 0 Å². The number of hydrogen-bond acceptors (Lipinski definition) is 4. The summed E-state index contributed by atoms with van der Waals surface area (Å²) in [7, 11) is 0. The van der Waals surface area contributed by atoms with Crippen LogP contribution in [0, 0.1) is 11.9 Å². The molecule has 1 aliphatic rings. The second kappa shape index (κ2) is 3.88. The van der Waals surface area contributed by atoms with Crippen molar-refractivity contribution in [3.05, 3.63) is 18.3 Å². The van der Waals surface area contributed by atoms with Crippen LogP contribution in [0.2, 0.25) is 0 Å². The zero-order valence-electron chi connectivity index (χ0n) is 7.69. The summed E-state index contributed by atoms with van der Waals surface area (Å²) < 4.78 is 18.0. The van der Waals surface area contributed by atoms with Gasteiger partial charge in [-0.15, -0.1) is 0 Å². The van der Waals surface area contributed by atoms with Crippen LogP contribution in [0.3, 0.4) is 0 Å². The van der Waals surface area contributed by atoms with Gasteiger partial charge in [-0.1, -0.05) is 0 Å². The van der Waals surface area contributed by atoms with E-state index in [9.17, 15) is 4.39 Å². The molecule has 0 amide bonds. The second-order valence-electron chi connectivity index (χ2n) is 3.49. The van der Waals surface area contributed by atoms with Gasteiger partial charge in [-0.2, -0.15) is 9.37 Å². The fourth-order valence-electron chi connectivity index (χ4n) is 1.52. The van der Waals surface area contributed by atoms with E-state index in [1.54, 1.807) is 0 Å². The predicted octanol–water partition coefficient (Wildman–Crippen LogP) is 0.732. The van der Waals surface area contributed by atoms with Gasteiger partial charge in [-0.3, -0.25) is 4.98 Å². The third-order valence-electron chi connectivity index (χ3n) is 2.40. The van der Waals surface area contributed by atoms with Gasteiger partial charge in [0.1, 0.15) is 6.10 Å². The molecular weight excluding hydrogens is 185 g/mol. The highest BCUT2D eigenvalue weighted by Gasteiger charge is 2.29. The van der Waals surface area contributed by atoms with Crippen LogP contribution in [-0.2, 0) is 0 Å². The van der Waals surface area contributed by atoms with Crippen LogP contribution < -0.4 is 10.5 Å². The van der Waals surface area contributed by atoms with Crippen LogP contribution in [0.15, 0.2) is 12.4 Å². The molecule has 0 aliphatic heterocycles. The Balaban J connectivity index is 1.87. The van der Waals surface area contributed by atoms with E-state index in [4.69, 9.17) is 10.5 Å². The Hall–Kier alpha value is -1.23. The van der Waals surface area contributed by atoms with Crippen molar-refractivity contribution in [2.75, 3.05) is 6.54 Å². The molecule has 1 aromatic heterocycles. The number of hydrogen-bond donors (Lipinski definition) is 1. The minimum absolute atomic E-state index is 0.125. The van der Waals surface area contributed by atoms with E-state index in [1.165, 1.54) is 6.20 Å². The molecule has 0 spiro atoms. The first-order valence-corrected chi connectivity index (χ1v) is 4.62. The van der Waals surface area contributed by atoms with Gasteiger partial charge in [-0.05, 0) is 25.3 Å². The SMILES string of the molecule is NCC1CC(Oc2cncc(F)n2)C1. The van der Waals surface area contributed by atoms with Crippen LogP contribution in [0.25, 0.3) is 0 Å². The number of halogens is 1. The summed E-state index contributed by atoms with van der Waals surface area (Å²) >= 11 is 0. The fourth-order valence-corrected chi connectivity index (χ4v) is 1.52. The minimum atomic E-state index is -0.614. The molecule has 1 fully saturated rings. The summed E-state index contributed by atoms with van der Waals surface area (Å²) in [5.74, 6) is 0.184. The van der Waals surface area contributed by atoms with Crippen molar-refractivity contribution in [1.82, 2.24) is 9.97 Å². The average Bonchev–Trinajstić information content (AvgIpc) is 2.10. The van der Waals surface area contributed by atoms with E-state index in [2.05, 4.69) is 9.97 Å². The minimum Gasteiger partial charge on any atom is -0.473 e. The molecule has 1 saturated carbocycles. The summed E-state index contributed by atoms with van der Waals surface area (Å²) in [6.45, 7) is 0.689. The van der Waals surface area contributed by atoms with Crippen molar-refractivity contribution < 1.29 is 9.13 Å². The van der Waals surface area contributed by atoms with Gasteiger partial charge in [0.05, 0.1) is 12.4 Å². The van der Waals surface area contributed by atoms with Crippen molar-refractivity contribution in [3.63, 3.8) is 0 Å². The van der Waals surface area contributed by atoms with Crippen molar-refractivity contribution >= 4 is 0 Å². The van der Waals surface area contributed by atoms with E-state index in [-0.39, 0.29) is 12.0 Å². The van der Waals surface area contributed by atoms with E-state index in [0.29, 0.717) is 12.5 Å². The molecule has 5 heteroatoms. The normalized spacial score (nSPS) is 25.6. The Morgan fingerprint density at radius 2 is 2.29 bits per heavy atom. The molecular formula is C9H12FN3O. The Kier molecular flexibility index (Phi) is 2.58. The molecule has 4 nitrogen and oxygen atoms in total. The van der Waals surface area contributed by atoms with Crippen LogP contribution in [-0.4, -0.2) is 22.6 Å². The molecule has 1 aromatic rings. The molecule has 1 aliphatic carbocycles. The van der Waals surface area contributed by atoms with Crippen LogP contribution in [0.5, 0.6) is 5.88 Å². The highest BCUT2D eigenvalue weighted by atomic mass is 19.1. The monoisotopic (exact) mass is 197 g/mol. The lowest BCUT2D eigenvalue weighted by atomic mass is 9.82. The maximum atomic E-state index is 12.6. The third-order valence-corrected chi connectivity index (χ3v) is 2.40. The van der Waals surface area contributed by atoms with Gasteiger partial charge in [0.25, 0.3) is 0 Å². The van der Waals surface area contributed by atoms with Crippen molar-refractivity contribution in [2.45, 2.75) is 18.9 Å². The molecule has 0 atom stereocenters. The van der Waals surface area contributed by atoms with E-state index in [0.717, 1.165) is 19.0 Å². The summed E-state index contributed by atoms with van der Waals surface area (Å²) in [5.41, 5.74) is 5.47. The molecule has 2 N–H and O–H groups in total. The predicted molar refractivity (Wildman–Crippen MR) is 48.2 cm³/mol. The molecule has 0 radical (unpaired) electrons. The average molecular weight is 197 g/mol. The zero-order chi connectivity index (χ0) is 9.97. The lowest BCUT2D eigenvalue weighted by molar-refractivity contribution is 0.0636. The van der Waals surface area contributed by atoms with Gasteiger partial charge < -0.3 is 10.5 Å². The number of ether oxygens (including phenoxy) is 1. The lowest BCUT2D eigenvalue weighted by Gasteiger charge is -2.33. The Morgan fingerprint density at radius 1 is 1.50 bits per heavy atom. The summed E-state index contributed by atoms with van der Waals surface area (Å²) in [4.78, 5) is 7.21. The Labute approximate surface area is 81.3 Å². The highest BCUT2D eigenvalue weighted by molar-refractivity contribution is 5.04. The first-order chi connectivity index (χ1) is 6.78. The van der Waals surface area contributed by atoms with Crippen molar-refractivity contribution in [1.29, 1.82) is 0 Å². The van der Waals surface area contributed by atoms with E-state index in [1.807, 2.05) is 0 Å². The van der Waals surface area contributed by atoms with Crippen LogP contribution >= 0.6 is 0 Å². The van der Waals surface area contributed by atoms with Gasteiger partial charge in [0.2, 0.25) is 11.8 Å². The molecule has 76 valence electrons. The number of nitrogens with zero attached hydrogens (tertiary/aromatic N) is 2. The molecule has 0 aromatic carbocycles. The Bertz CT molecular complexity index is 315. The molecule has 1 heterocycles. The summed E-state index contributed by atoms with van der Waals surface area (Å²) in [6.07, 6.45) is 4.44. The zero-order valence-corrected chi connectivity index (χ0v) is 7.69. The first-order valence-electron chi connectivity index (χ1n) is 4.62. The molecule has 2 rings (SSSR count). The Morgan fingerprint density at radius 3 is 2.93 bits per heavy atom. The molecule has 14 heavy (non-hydrogen) atoms. The number of rotatable bonds is 3. The maximum absolute atomic E-state index is 12.6. The largest absolute Gasteiger partial charge is 0.473 e. The third kappa shape index (κ3) is 1.98. The van der Waals surface area contributed by atoms with E-state index >= 15 is 0 Å². The van der Waals surface area contributed by atoms with Gasteiger partial charge >= 0.3 is 0 Å². The number of nitrogens with two attached hydrogens (primary N) is 1. The van der Waals surface area contributed by atoms with Crippen LogP contribution in [0.4, 0.5) is 4.39 Å². The van der Waals surface area contributed by atoms with Crippen molar-refractivity contribution in [2.24, 2.45) is 11.7 Å². The van der Waals surface area contributed by atoms with Gasteiger partial charge in [0, 0.05) is 0 Å². The maximum Gasteiger partial charge on any atom is 0.235 e. The smallest absolute Gasteiger partial charge is 0.235 e. The molecule has 0 unspecified atom stereocenters. The highest BCUT2D eigenvalue weighted by Crippen LogP contribution is 2.29. The second-order valence-corrected chi connectivity index (χ2v) is 3.49. The lowest BCUT2D eigenvalue weighted by Crippen LogP contribution is -2.37. The summed E-state index contributed by atoms with van der Waals surface area (Å²) in [6, 6.07) is 0. The molecule has 0 bridgehead atoms. The summed E-state index contributed by atoms with van der Waals surface area (Å²) in [5, 5.41) is 0. The van der Waals surface area contributed by atoms with E-state index < -0.39 is 5.95 Å².